The maximum Gasteiger partial charge on any atom is 0.287 e. The second-order valence-electron chi connectivity index (χ2n) is 7.92. The van der Waals surface area contributed by atoms with Crippen LogP contribution in [0.15, 0.2) is 0 Å². The van der Waals surface area contributed by atoms with Gasteiger partial charge in [-0.05, 0) is 38.0 Å². The van der Waals surface area contributed by atoms with E-state index in [0.717, 1.165) is 38.5 Å². The number of nitrogens with zero attached hydrogens (tertiary/aromatic N) is 1. The number of carbonyl (C=O) groups is 4. The normalized spacial score (nSPS) is 24.8. The number of rotatable bonds is 9. The maximum absolute atomic E-state index is 13.0. The van der Waals surface area contributed by atoms with Crippen molar-refractivity contribution >= 4 is 23.5 Å². The third-order valence-corrected chi connectivity index (χ3v) is 5.79. The zero-order valence-electron chi connectivity index (χ0n) is 16.3. The smallest absolute Gasteiger partial charge is 0.287 e. The van der Waals surface area contributed by atoms with E-state index in [4.69, 9.17) is 11.5 Å². The average Bonchev–Trinajstić information content (AvgIpc) is 2.99. The van der Waals surface area contributed by atoms with Crippen LogP contribution < -0.4 is 16.8 Å². The molecule has 0 spiro atoms. The van der Waals surface area contributed by atoms with Gasteiger partial charge in [0, 0.05) is 6.54 Å². The van der Waals surface area contributed by atoms with Gasteiger partial charge in [0.15, 0.2) is 0 Å². The number of hydrogen-bond acceptors (Lipinski definition) is 5. The molecule has 27 heavy (non-hydrogen) atoms. The molecule has 8 nitrogen and oxygen atoms in total. The molecule has 4 atom stereocenters. The molecule has 2 unspecified atom stereocenters. The van der Waals surface area contributed by atoms with Gasteiger partial charge in [-0.25, -0.2) is 0 Å². The minimum atomic E-state index is -1.04. The molecule has 0 aromatic rings. The first-order valence-corrected chi connectivity index (χ1v) is 9.96. The van der Waals surface area contributed by atoms with E-state index < -0.39 is 29.8 Å². The van der Waals surface area contributed by atoms with Gasteiger partial charge in [0.1, 0.15) is 6.04 Å². The molecule has 0 bridgehead atoms. The summed E-state index contributed by atoms with van der Waals surface area (Å²) in [5, 5.41) is 2.73. The van der Waals surface area contributed by atoms with Gasteiger partial charge in [-0.15, -0.1) is 0 Å². The summed E-state index contributed by atoms with van der Waals surface area (Å²) in [6.07, 6.45) is 5.89. The second-order valence-corrected chi connectivity index (χ2v) is 7.92. The van der Waals surface area contributed by atoms with Gasteiger partial charge in [0.2, 0.25) is 17.6 Å². The fraction of sp³-hybridized carbons (Fsp3) is 0.789. The van der Waals surface area contributed by atoms with Crippen LogP contribution in [0.3, 0.4) is 0 Å². The zero-order valence-corrected chi connectivity index (χ0v) is 16.3. The number of nitrogens with one attached hydrogen (secondary N) is 1. The Morgan fingerprint density at radius 2 is 1.85 bits per heavy atom. The number of primary amides is 1. The molecular weight excluding hydrogens is 348 g/mol. The Hall–Kier alpha value is -1.96. The van der Waals surface area contributed by atoms with Crippen molar-refractivity contribution in [2.24, 2.45) is 23.3 Å². The molecule has 1 aliphatic carbocycles. The molecule has 2 aliphatic rings. The van der Waals surface area contributed by atoms with E-state index in [1.807, 2.05) is 6.92 Å². The summed E-state index contributed by atoms with van der Waals surface area (Å²) in [6.45, 7) is 4.10. The molecule has 5 N–H and O–H groups in total. The summed E-state index contributed by atoms with van der Waals surface area (Å²) in [6, 6.07) is -2.28. The summed E-state index contributed by atoms with van der Waals surface area (Å²) < 4.78 is 0. The quantitative estimate of drug-likeness (QED) is 0.487. The van der Waals surface area contributed by atoms with Crippen LogP contribution in [0.25, 0.3) is 0 Å². The number of Topliss-reactive ketones (excluding diaryl/α,β-unsaturated/α-hetero) is 1. The fourth-order valence-corrected chi connectivity index (χ4v) is 4.12. The van der Waals surface area contributed by atoms with Crippen molar-refractivity contribution in [2.75, 3.05) is 6.54 Å². The van der Waals surface area contributed by atoms with Crippen molar-refractivity contribution in [2.45, 2.75) is 76.9 Å². The lowest BCUT2D eigenvalue weighted by Gasteiger charge is -2.32. The van der Waals surface area contributed by atoms with Crippen LogP contribution in [0.5, 0.6) is 0 Å². The molecule has 0 aromatic carbocycles. The van der Waals surface area contributed by atoms with Gasteiger partial charge in [-0.2, -0.15) is 0 Å². The van der Waals surface area contributed by atoms with Crippen molar-refractivity contribution in [1.82, 2.24) is 10.2 Å². The lowest BCUT2D eigenvalue weighted by atomic mass is 9.80. The fourth-order valence-electron chi connectivity index (χ4n) is 4.12. The van der Waals surface area contributed by atoms with Crippen molar-refractivity contribution in [1.29, 1.82) is 0 Å². The van der Waals surface area contributed by atoms with E-state index in [-0.39, 0.29) is 17.7 Å². The van der Waals surface area contributed by atoms with Crippen LogP contribution in [0, 0.1) is 11.8 Å². The van der Waals surface area contributed by atoms with Gasteiger partial charge >= 0.3 is 0 Å². The summed E-state index contributed by atoms with van der Waals surface area (Å²) in [4.78, 5) is 50.6. The lowest BCUT2D eigenvalue weighted by Crippen LogP contribution is -2.56. The topological polar surface area (TPSA) is 136 Å². The van der Waals surface area contributed by atoms with Crippen LogP contribution in [0.2, 0.25) is 0 Å². The summed E-state index contributed by atoms with van der Waals surface area (Å²) in [5.41, 5.74) is 10.9. The SMILES string of the molecule is CCC[C@H]1CCN(C(=O)[C@H](C)N)C1C(=O)NC(CC1CCC1)C(=O)C(N)=O. The minimum Gasteiger partial charge on any atom is -0.363 e. The number of carbonyl (C=O) groups excluding carboxylic acids is 4. The van der Waals surface area contributed by atoms with E-state index >= 15 is 0 Å². The van der Waals surface area contributed by atoms with Crippen molar-refractivity contribution in [3.8, 4) is 0 Å². The third-order valence-electron chi connectivity index (χ3n) is 5.79. The standard InChI is InChI=1S/C19H32N4O4/c1-3-5-13-8-9-23(19(27)11(2)20)15(13)18(26)22-14(16(24)17(21)25)10-12-6-4-7-12/h11-15H,3-10,20H2,1-2H3,(H2,21,25)(H,22,26)/t11-,13-,14?,15?/m0/s1. The Morgan fingerprint density at radius 1 is 1.19 bits per heavy atom. The zero-order chi connectivity index (χ0) is 20.1. The first kappa shape index (κ1) is 21.3. The number of hydrogen-bond donors (Lipinski definition) is 3. The molecule has 1 saturated carbocycles. The Labute approximate surface area is 160 Å². The highest BCUT2D eigenvalue weighted by molar-refractivity contribution is 6.37. The molecular formula is C19H32N4O4. The maximum atomic E-state index is 13.0. The molecule has 1 aliphatic heterocycles. The van der Waals surface area contributed by atoms with E-state index in [1.54, 1.807) is 6.92 Å². The average molecular weight is 380 g/mol. The molecule has 3 amide bonds. The summed E-state index contributed by atoms with van der Waals surface area (Å²) in [7, 11) is 0. The first-order valence-electron chi connectivity index (χ1n) is 9.96. The number of amides is 3. The Kier molecular flexibility index (Phi) is 7.35. The monoisotopic (exact) mass is 380 g/mol. The van der Waals surface area contributed by atoms with Gasteiger partial charge < -0.3 is 21.7 Å². The highest BCUT2D eigenvalue weighted by Crippen LogP contribution is 2.32. The van der Waals surface area contributed by atoms with E-state index in [2.05, 4.69) is 5.32 Å². The Bertz CT molecular complexity index is 588. The van der Waals surface area contributed by atoms with E-state index in [0.29, 0.717) is 18.9 Å². The molecule has 2 rings (SSSR count). The molecule has 152 valence electrons. The third kappa shape index (κ3) is 5.06. The summed E-state index contributed by atoms with van der Waals surface area (Å²) in [5.74, 6) is -2.14. The summed E-state index contributed by atoms with van der Waals surface area (Å²) >= 11 is 0. The molecule has 0 aromatic heterocycles. The molecule has 8 heteroatoms. The highest BCUT2D eigenvalue weighted by Gasteiger charge is 2.43. The predicted molar refractivity (Wildman–Crippen MR) is 100 cm³/mol. The largest absolute Gasteiger partial charge is 0.363 e. The van der Waals surface area contributed by atoms with Crippen LogP contribution in [-0.4, -0.2) is 53.1 Å². The predicted octanol–water partition coefficient (Wildman–Crippen LogP) is 0.0802. The van der Waals surface area contributed by atoms with Crippen molar-refractivity contribution in [3.05, 3.63) is 0 Å². The Morgan fingerprint density at radius 3 is 2.33 bits per heavy atom. The highest BCUT2D eigenvalue weighted by atomic mass is 16.2. The molecule has 0 radical (unpaired) electrons. The van der Waals surface area contributed by atoms with Crippen LogP contribution >= 0.6 is 0 Å². The molecule has 2 fully saturated rings. The van der Waals surface area contributed by atoms with E-state index in [1.165, 1.54) is 4.90 Å². The second kappa shape index (κ2) is 9.30. The van der Waals surface area contributed by atoms with Gasteiger partial charge in [0.25, 0.3) is 5.91 Å². The molecule has 1 saturated heterocycles. The first-order chi connectivity index (χ1) is 12.8. The van der Waals surface area contributed by atoms with Crippen LogP contribution in [-0.2, 0) is 19.2 Å². The number of likely N-dealkylation sites (tertiary alicyclic amines) is 1. The number of nitrogens with two attached hydrogens (primary N) is 2. The van der Waals surface area contributed by atoms with Crippen LogP contribution in [0.1, 0.15) is 58.8 Å². The Balaban J connectivity index is 2.16. The van der Waals surface area contributed by atoms with Crippen molar-refractivity contribution < 1.29 is 19.2 Å². The van der Waals surface area contributed by atoms with Crippen LogP contribution in [0.4, 0.5) is 0 Å². The van der Waals surface area contributed by atoms with Crippen molar-refractivity contribution in [3.63, 3.8) is 0 Å². The van der Waals surface area contributed by atoms with Gasteiger partial charge in [-0.1, -0.05) is 32.6 Å². The van der Waals surface area contributed by atoms with Gasteiger partial charge in [-0.3, -0.25) is 19.2 Å². The molecule has 1 heterocycles. The van der Waals surface area contributed by atoms with E-state index in [9.17, 15) is 19.2 Å². The van der Waals surface area contributed by atoms with Gasteiger partial charge in [0.05, 0.1) is 12.1 Å². The minimum absolute atomic E-state index is 0.0192. The lowest BCUT2D eigenvalue weighted by molar-refractivity contribution is -0.142. The number of ketones is 1.